The van der Waals surface area contributed by atoms with E-state index in [2.05, 4.69) is 15.6 Å². The molecule has 196 valence electrons. The highest BCUT2D eigenvalue weighted by Crippen LogP contribution is 2.34. The molecule has 8 nitrogen and oxygen atoms in total. The van der Waals surface area contributed by atoms with Crippen LogP contribution in [0.5, 0.6) is 0 Å². The molecule has 0 saturated carbocycles. The van der Waals surface area contributed by atoms with Crippen molar-refractivity contribution in [2.75, 3.05) is 18.4 Å². The molecular formula is C25H25F3N4O4S. The number of nitrogens with one attached hydrogen (secondary N) is 2. The third-order valence-electron chi connectivity index (χ3n) is 6.36. The first-order valence-electron chi connectivity index (χ1n) is 11.4. The molecule has 2 aromatic rings. The molecular weight excluding hydrogens is 509 g/mol. The van der Waals surface area contributed by atoms with E-state index in [9.17, 15) is 31.2 Å². The molecule has 4 rings (SSSR count). The third kappa shape index (κ3) is 5.75. The number of halogens is 3. The van der Waals surface area contributed by atoms with E-state index < -0.39 is 33.2 Å². The van der Waals surface area contributed by atoms with Crippen LogP contribution >= 0.6 is 0 Å². The highest BCUT2D eigenvalue weighted by Gasteiger charge is 2.47. The molecule has 0 aromatic heterocycles. The Labute approximate surface area is 212 Å². The van der Waals surface area contributed by atoms with Gasteiger partial charge in [-0.2, -0.15) is 17.5 Å². The Hall–Kier alpha value is -3.51. The lowest BCUT2D eigenvalue weighted by Crippen LogP contribution is -2.50. The number of rotatable bonds is 5. The van der Waals surface area contributed by atoms with Crippen molar-refractivity contribution in [2.45, 2.75) is 38.4 Å². The van der Waals surface area contributed by atoms with Gasteiger partial charge in [0.25, 0.3) is 5.91 Å². The van der Waals surface area contributed by atoms with Crippen LogP contribution in [0.4, 0.5) is 18.9 Å². The van der Waals surface area contributed by atoms with Crippen LogP contribution in [0.3, 0.4) is 0 Å². The molecule has 0 unspecified atom stereocenters. The number of piperidine rings is 1. The van der Waals surface area contributed by atoms with E-state index in [0.29, 0.717) is 11.3 Å². The maximum atomic E-state index is 13.1. The zero-order valence-corrected chi connectivity index (χ0v) is 20.9. The maximum absolute atomic E-state index is 13.1. The largest absolute Gasteiger partial charge is 0.416 e. The monoisotopic (exact) mass is 534 g/mol. The summed E-state index contributed by atoms with van der Waals surface area (Å²) in [4.78, 5) is 28.4. The minimum atomic E-state index is -4.53. The average Bonchev–Trinajstić information content (AvgIpc) is 3.13. The van der Waals surface area contributed by atoms with Crippen LogP contribution in [0.15, 0.2) is 52.9 Å². The lowest BCUT2D eigenvalue weighted by molar-refractivity contribution is -0.137. The van der Waals surface area contributed by atoms with E-state index in [1.54, 1.807) is 25.1 Å². The number of amidine groups is 1. The highest BCUT2D eigenvalue weighted by molar-refractivity contribution is 7.92. The summed E-state index contributed by atoms with van der Waals surface area (Å²) >= 11 is 0. The van der Waals surface area contributed by atoms with Gasteiger partial charge in [-0.1, -0.05) is 18.2 Å². The number of amides is 2. The molecule has 2 aliphatic heterocycles. The van der Waals surface area contributed by atoms with E-state index in [-0.39, 0.29) is 43.2 Å². The molecule has 0 aliphatic carbocycles. The molecule has 2 aromatic carbocycles. The second kappa shape index (κ2) is 9.75. The molecule has 0 bridgehead atoms. The second-order valence-corrected chi connectivity index (χ2v) is 10.8. The number of alkyl halides is 3. The van der Waals surface area contributed by atoms with Crippen molar-refractivity contribution in [1.82, 2.24) is 9.62 Å². The van der Waals surface area contributed by atoms with Crippen molar-refractivity contribution >= 4 is 39.4 Å². The molecule has 12 heteroatoms. The molecule has 1 fully saturated rings. The first kappa shape index (κ1) is 26.6. The van der Waals surface area contributed by atoms with Crippen molar-refractivity contribution in [3.05, 3.63) is 70.1 Å². The lowest BCUT2D eigenvalue weighted by atomic mass is 9.89. The number of carbonyl (C=O) groups excluding carboxylic acids is 2. The van der Waals surface area contributed by atoms with E-state index in [4.69, 9.17) is 0 Å². The van der Waals surface area contributed by atoms with E-state index >= 15 is 0 Å². The number of carbonyl (C=O) groups is 2. The summed E-state index contributed by atoms with van der Waals surface area (Å²) < 4.78 is 66.3. The number of hydrogen-bond acceptors (Lipinski definition) is 5. The average molecular weight is 535 g/mol. The molecule has 2 N–H and O–H groups in total. The Morgan fingerprint density at radius 3 is 2.49 bits per heavy atom. The van der Waals surface area contributed by atoms with Crippen LogP contribution in [-0.4, -0.2) is 49.0 Å². The number of hydrogen-bond donors (Lipinski definition) is 2. The number of aryl methyl sites for hydroxylation is 1. The Morgan fingerprint density at radius 2 is 1.86 bits per heavy atom. The van der Waals surface area contributed by atoms with E-state index in [1.165, 1.54) is 29.4 Å². The van der Waals surface area contributed by atoms with Gasteiger partial charge in [0.15, 0.2) is 0 Å². The van der Waals surface area contributed by atoms with Crippen molar-refractivity contribution in [2.24, 2.45) is 4.99 Å². The number of sulfonamides is 1. The molecule has 37 heavy (non-hydrogen) atoms. The van der Waals surface area contributed by atoms with E-state index in [1.807, 2.05) is 0 Å². The summed E-state index contributed by atoms with van der Waals surface area (Å²) in [7, 11) is -3.80. The van der Waals surface area contributed by atoms with Gasteiger partial charge in [-0.3, -0.25) is 14.6 Å². The summed E-state index contributed by atoms with van der Waals surface area (Å²) in [5, 5.41) is 6.33. The first-order valence-corrected chi connectivity index (χ1v) is 12.9. The fraction of sp³-hybridized carbons (Fsp3) is 0.320. The standard InChI is InChI=1S/C25H25F3N4O4S/c1-16-14-21(29-17(2)33)7-6-18(16)8-13-37(35,36)32-11-9-24(10-12-32)23(34)30-22(31-24)19-4-3-5-20(15-19)25(26,27)28/h3-8,13-15H,9-12H2,1-2H3,(H,29,33)(H,30,31,34). The summed E-state index contributed by atoms with van der Waals surface area (Å²) in [6.07, 6.45) is -2.87. The Morgan fingerprint density at radius 1 is 1.16 bits per heavy atom. The van der Waals surface area contributed by atoms with Gasteiger partial charge in [0.05, 0.1) is 5.56 Å². The summed E-state index contributed by atoms with van der Waals surface area (Å²) in [6, 6.07) is 9.64. The van der Waals surface area contributed by atoms with Gasteiger partial charge in [-0.25, -0.2) is 8.42 Å². The van der Waals surface area contributed by atoms with Crippen LogP contribution in [0.25, 0.3) is 6.08 Å². The van der Waals surface area contributed by atoms with Gasteiger partial charge in [0.1, 0.15) is 11.4 Å². The summed E-state index contributed by atoms with van der Waals surface area (Å²) in [5.41, 5.74) is 0.0981. The zero-order valence-electron chi connectivity index (χ0n) is 20.1. The quantitative estimate of drug-likeness (QED) is 0.610. The van der Waals surface area contributed by atoms with Crippen molar-refractivity contribution in [3.63, 3.8) is 0 Å². The van der Waals surface area contributed by atoms with Crippen LogP contribution < -0.4 is 10.6 Å². The molecule has 1 saturated heterocycles. The molecule has 2 heterocycles. The molecule has 1 spiro atoms. The minimum Gasteiger partial charge on any atom is -0.326 e. The predicted molar refractivity (Wildman–Crippen MR) is 133 cm³/mol. The normalized spacial score (nSPS) is 18.2. The molecule has 0 atom stereocenters. The molecule has 2 aliphatic rings. The van der Waals surface area contributed by atoms with Gasteiger partial charge in [-0.15, -0.1) is 0 Å². The maximum Gasteiger partial charge on any atom is 0.416 e. The van der Waals surface area contributed by atoms with Crippen LogP contribution in [0.1, 0.15) is 42.0 Å². The predicted octanol–water partition coefficient (Wildman–Crippen LogP) is 3.68. The number of nitrogens with zero attached hydrogens (tertiary/aromatic N) is 2. The third-order valence-corrected chi connectivity index (χ3v) is 7.93. The summed E-state index contributed by atoms with van der Waals surface area (Å²) in [6.45, 7) is 3.24. The van der Waals surface area contributed by atoms with E-state index in [0.717, 1.165) is 23.1 Å². The van der Waals surface area contributed by atoms with Crippen LogP contribution in [-0.2, 0) is 25.8 Å². The fourth-order valence-electron chi connectivity index (χ4n) is 4.33. The van der Waals surface area contributed by atoms with Crippen molar-refractivity contribution < 1.29 is 31.2 Å². The SMILES string of the molecule is CC(=O)Nc1ccc(C=CS(=O)(=O)N2CCC3(CC2)N=C(c2cccc(C(F)(F)F)c2)NC3=O)c(C)c1. The first-order chi connectivity index (χ1) is 17.3. The van der Waals surface area contributed by atoms with Crippen LogP contribution in [0.2, 0.25) is 0 Å². The van der Waals surface area contributed by atoms with Gasteiger partial charge >= 0.3 is 6.18 Å². The number of anilines is 1. The van der Waals surface area contributed by atoms with Crippen molar-refractivity contribution in [1.29, 1.82) is 0 Å². The smallest absolute Gasteiger partial charge is 0.326 e. The fourth-order valence-corrected chi connectivity index (χ4v) is 5.52. The Balaban J connectivity index is 1.46. The lowest BCUT2D eigenvalue weighted by Gasteiger charge is -2.34. The van der Waals surface area contributed by atoms with Crippen molar-refractivity contribution in [3.8, 4) is 0 Å². The summed E-state index contributed by atoms with van der Waals surface area (Å²) in [5.74, 6) is -0.622. The highest BCUT2D eigenvalue weighted by atomic mass is 32.2. The molecule has 2 amide bonds. The topological polar surface area (TPSA) is 108 Å². The Kier molecular flexibility index (Phi) is 6.99. The van der Waals surface area contributed by atoms with Crippen LogP contribution in [0, 0.1) is 6.92 Å². The number of benzene rings is 2. The Bertz CT molecular complexity index is 1410. The number of aliphatic imine (C=N–C) groups is 1. The minimum absolute atomic E-state index is 0.0277. The second-order valence-electron chi connectivity index (χ2n) is 9.02. The van der Waals surface area contributed by atoms with Gasteiger partial charge in [0, 0.05) is 36.7 Å². The van der Waals surface area contributed by atoms with Gasteiger partial charge in [0.2, 0.25) is 15.9 Å². The molecule has 0 radical (unpaired) electrons. The van der Waals surface area contributed by atoms with Gasteiger partial charge < -0.3 is 10.6 Å². The zero-order chi connectivity index (χ0) is 27.0. The van der Waals surface area contributed by atoms with Gasteiger partial charge in [-0.05, 0) is 61.2 Å².